The predicted molar refractivity (Wildman–Crippen MR) is 56.9 cm³/mol. The fraction of sp³-hybridized carbons (Fsp3) is 0.667. The maximum Gasteiger partial charge on any atom is 0.329 e. The van der Waals surface area contributed by atoms with Gasteiger partial charge < -0.3 is 14.2 Å². The van der Waals surface area contributed by atoms with E-state index in [1.807, 2.05) is 0 Å². The monoisotopic (exact) mass is 218 g/mol. The number of ether oxygens (including phenoxy) is 3. The molecular weight excluding hydrogens is 200 g/mol. The maximum atomic E-state index is 10.7. The molecule has 0 spiro atoms. The van der Waals surface area contributed by atoms with Crippen LogP contribution in [0.3, 0.4) is 0 Å². The van der Waals surface area contributed by atoms with Gasteiger partial charge in [-0.2, -0.15) is 0 Å². The molecule has 0 aliphatic rings. The zero-order chi connectivity index (χ0) is 10.8. The minimum atomic E-state index is -0.353. The van der Waals surface area contributed by atoms with Crippen molar-refractivity contribution in [2.45, 2.75) is 18.8 Å². The lowest BCUT2D eigenvalue weighted by molar-refractivity contribution is -0.135. The molecule has 0 saturated carbocycles. The Balaban J connectivity index is 3.28. The lowest BCUT2D eigenvalue weighted by Crippen LogP contribution is -2.15. The first-order valence-electron chi connectivity index (χ1n) is 4.59. The van der Waals surface area contributed by atoms with Gasteiger partial charge in [0.1, 0.15) is 0 Å². The minimum absolute atomic E-state index is 0.127. The lowest BCUT2D eigenvalue weighted by atomic mass is 10.5. The zero-order valence-corrected chi connectivity index (χ0v) is 10.2. The van der Waals surface area contributed by atoms with Gasteiger partial charge in [-0.05, 0) is 6.42 Å². The quantitative estimate of drug-likeness (QED) is 0.193. The average molecular weight is 218 g/mol. The molecule has 0 saturated heterocycles. The van der Waals surface area contributed by atoms with Gasteiger partial charge in [-0.3, -0.25) is 0 Å². The number of hydrogen-bond donors (Lipinski definition) is 0. The summed E-state index contributed by atoms with van der Waals surface area (Å²) in [6, 6.07) is 1.04. The highest BCUT2D eigenvalue weighted by Crippen LogP contribution is 2.01. The van der Waals surface area contributed by atoms with Crippen molar-refractivity contribution in [1.29, 1.82) is 0 Å². The fourth-order valence-electron chi connectivity index (χ4n) is 0.977. The van der Waals surface area contributed by atoms with Gasteiger partial charge in [0.15, 0.2) is 6.29 Å². The van der Waals surface area contributed by atoms with Crippen molar-refractivity contribution < 1.29 is 19.0 Å². The molecule has 0 heterocycles. The van der Waals surface area contributed by atoms with E-state index in [1.165, 1.54) is 6.08 Å². The Bertz CT molecular complexity index is 168. The van der Waals surface area contributed by atoms with Crippen LogP contribution in [0.5, 0.6) is 0 Å². The summed E-state index contributed by atoms with van der Waals surface area (Å²) in [7, 11) is 2.88. The van der Waals surface area contributed by atoms with Crippen molar-refractivity contribution in [2.24, 2.45) is 0 Å². The first-order chi connectivity index (χ1) is 6.74. The number of carbonyl (C=O) groups excluding carboxylic acids is 1. The van der Waals surface area contributed by atoms with E-state index in [4.69, 9.17) is 14.2 Å². The first-order valence-corrected chi connectivity index (χ1v) is 6.59. The summed E-state index contributed by atoms with van der Waals surface area (Å²) in [5.74, 6) is -0.340. The normalized spacial score (nSPS) is 11.1. The van der Waals surface area contributed by atoms with E-state index < -0.39 is 0 Å². The summed E-state index contributed by atoms with van der Waals surface area (Å²) < 4.78 is 14.9. The molecule has 0 bridgehead atoms. The molecule has 5 heteroatoms. The largest absolute Gasteiger partial charge is 0.467 e. The van der Waals surface area contributed by atoms with E-state index in [0.717, 1.165) is 12.5 Å². The van der Waals surface area contributed by atoms with Crippen LogP contribution < -0.4 is 0 Å². The van der Waals surface area contributed by atoms with E-state index in [1.54, 1.807) is 14.2 Å². The molecule has 14 heavy (non-hydrogen) atoms. The summed E-state index contributed by atoms with van der Waals surface area (Å²) in [5.41, 5.74) is 0. The van der Waals surface area contributed by atoms with Crippen LogP contribution in [0.15, 0.2) is 12.7 Å². The molecule has 0 aromatic heterocycles. The summed E-state index contributed by atoms with van der Waals surface area (Å²) in [6.45, 7) is 3.32. The first kappa shape index (κ1) is 13.3. The Morgan fingerprint density at radius 1 is 1.50 bits per heavy atom. The Kier molecular flexibility index (Phi) is 8.51. The number of rotatable bonds is 8. The van der Waals surface area contributed by atoms with E-state index in [-0.39, 0.29) is 21.8 Å². The molecule has 0 N–H and O–H groups in total. The highest BCUT2D eigenvalue weighted by Gasteiger charge is 2.04. The van der Waals surface area contributed by atoms with Crippen LogP contribution >= 0.6 is 0 Å². The summed E-state index contributed by atoms with van der Waals surface area (Å²) in [4.78, 5) is 10.7. The Morgan fingerprint density at radius 2 is 2.14 bits per heavy atom. The number of methoxy groups -OCH3 is 2. The number of hydrogen-bond acceptors (Lipinski definition) is 4. The smallest absolute Gasteiger partial charge is 0.329 e. The third-order valence-corrected chi connectivity index (χ3v) is 3.17. The Morgan fingerprint density at radius 3 is 2.64 bits per heavy atom. The van der Waals surface area contributed by atoms with Crippen molar-refractivity contribution in [3.63, 3.8) is 0 Å². The summed E-state index contributed by atoms with van der Waals surface area (Å²) in [6.07, 6.45) is 2.48. The van der Waals surface area contributed by atoms with E-state index >= 15 is 0 Å². The predicted octanol–water partition coefficient (Wildman–Crippen LogP) is 0.269. The van der Waals surface area contributed by atoms with Gasteiger partial charge >= 0.3 is 5.97 Å². The van der Waals surface area contributed by atoms with Crippen molar-refractivity contribution in [3.05, 3.63) is 12.7 Å². The minimum Gasteiger partial charge on any atom is -0.467 e. The molecular formula is C9H18O4Si. The van der Waals surface area contributed by atoms with Crippen molar-refractivity contribution >= 4 is 15.5 Å². The second-order valence-corrected chi connectivity index (χ2v) is 4.59. The molecule has 0 aliphatic carbocycles. The molecule has 0 amide bonds. The van der Waals surface area contributed by atoms with Gasteiger partial charge in [0.05, 0.1) is 15.7 Å². The second kappa shape index (κ2) is 8.92. The van der Waals surface area contributed by atoms with Crippen molar-refractivity contribution in [2.75, 3.05) is 20.4 Å². The van der Waals surface area contributed by atoms with Gasteiger partial charge in [-0.25, -0.2) is 4.79 Å². The van der Waals surface area contributed by atoms with Gasteiger partial charge in [0.25, 0.3) is 0 Å². The number of esters is 1. The number of carbonyl (C=O) groups is 1. The topological polar surface area (TPSA) is 44.8 Å². The van der Waals surface area contributed by atoms with Crippen LogP contribution in [0.1, 0.15) is 6.42 Å². The van der Waals surface area contributed by atoms with Crippen LogP contribution in [-0.4, -0.2) is 42.2 Å². The SMILES string of the molecule is C=CC(=O)OC[SiH2]CCC(OC)OC. The summed E-state index contributed by atoms with van der Waals surface area (Å²) >= 11 is 0. The third kappa shape index (κ3) is 6.82. The van der Waals surface area contributed by atoms with Crippen LogP contribution in [0, 0.1) is 0 Å². The Hall–Kier alpha value is -0.653. The second-order valence-electron chi connectivity index (χ2n) is 2.77. The zero-order valence-electron chi connectivity index (χ0n) is 8.82. The van der Waals surface area contributed by atoms with Crippen LogP contribution in [0.25, 0.3) is 0 Å². The molecule has 4 nitrogen and oxygen atoms in total. The molecule has 0 aromatic rings. The molecule has 0 rings (SSSR count). The molecule has 0 unspecified atom stereocenters. The van der Waals surface area contributed by atoms with Crippen LogP contribution in [-0.2, 0) is 19.0 Å². The molecule has 0 fully saturated rings. The van der Waals surface area contributed by atoms with Crippen LogP contribution in [0.2, 0.25) is 6.04 Å². The van der Waals surface area contributed by atoms with Crippen molar-refractivity contribution in [3.8, 4) is 0 Å². The Labute approximate surface area is 87.0 Å². The lowest BCUT2D eigenvalue weighted by Gasteiger charge is -2.12. The highest BCUT2D eigenvalue weighted by molar-refractivity contribution is 6.35. The molecule has 0 aliphatic heterocycles. The van der Waals surface area contributed by atoms with Gasteiger partial charge in [-0.15, -0.1) is 0 Å². The van der Waals surface area contributed by atoms with E-state index in [0.29, 0.717) is 6.23 Å². The van der Waals surface area contributed by atoms with Gasteiger partial charge in [-0.1, -0.05) is 12.6 Å². The maximum absolute atomic E-state index is 10.7. The fourth-order valence-corrected chi connectivity index (χ4v) is 2.15. The summed E-state index contributed by atoms with van der Waals surface area (Å²) in [5, 5.41) is 0. The van der Waals surface area contributed by atoms with E-state index in [9.17, 15) is 4.79 Å². The molecule has 0 atom stereocenters. The standard InChI is InChI=1S/C9H18O4Si/c1-4-8(10)13-7-14-6-5-9(11-2)12-3/h4,9H,1,5-7,14H2,2-3H3. The van der Waals surface area contributed by atoms with Gasteiger partial charge in [0.2, 0.25) is 0 Å². The van der Waals surface area contributed by atoms with Gasteiger partial charge in [0, 0.05) is 20.3 Å². The molecule has 0 aromatic carbocycles. The van der Waals surface area contributed by atoms with Crippen molar-refractivity contribution in [1.82, 2.24) is 0 Å². The highest BCUT2D eigenvalue weighted by atomic mass is 28.2. The van der Waals surface area contributed by atoms with E-state index in [2.05, 4.69) is 6.58 Å². The van der Waals surface area contributed by atoms with Crippen LogP contribution in [0.4, 0.5) is 0 Å². The molecule has 82 valence electrons. The average Bonchev–Trinajstić information content (AvgIpc) is 2.23. The molecule has 0 radical (unpaired) electrons. The third-order valence-electron chi connectivity index (χ3n) is 1.77.